The van der Waals surface area contributed by atoms with Gasteiger partial charge in [-0.05, 0) is 88.0 Å². The van der Waals surface area contributed by atoms with Gasteiger partial charge < -0.3 is 25.6 Å². The van der Waals surface area contributed by atoms with Crippen LogP contribution in [0.2, 0.25) is 66.5 Å². The Morgan fingerprint density at radius 3 is 0.800 bits per heavy atom. The van der Waals surface area contributed by atoms with E-state index in [2.05, 4.69) is 102 Å². The van der Waals surface area contributed by atoms with Gasteiger partial charge in [0, 0.05) is 31.9 Å². The van der Waals surface area contributed by atoms with Gasteiger partial charge in [-0.15, -0.1) is 0 Å². The van der Waals surface area contributed by atoms with Gasteiger partial charge in [0.25, 0.3) is 0 Å². The van der Waals surface area contributed by atoms with Crippen LogP contribution < -0.4 is 0 Å². The summed E-state index contributed by atoms with van der Waals surface area (Å²) in [6.07, 6.45) is 9.68. The van der Waals surface area contributed by atoms with Crippen molar-refractivity contribution in [2.45, 2.75) is 201 Å². The molecule has 0 heterocycles. The van der Waals surface area contributed by atoms with Crippen molar-refractivity contribution in [3.8, 4) is 0 Å². The normalized spacial score (nSPS) is 14.8. The molecule has 45 heavy (non-hydrogen) atoms. The minimum absolute atomic E-state index is 0.0922. The Hall–Kier alpha value is 0.844. The maximum Gasteiger partial charge on any atom is 0.500 e. The summed E-state index contributed by atoms with van der Waals surface area (Å²) in [6, 6.07) is 1.85. The van der Waals surface area contributed by atoms with E-state index in [1.807, 2.05) is 20.8 Å². The Kier molecular flexibility index (Phi) is 19.1. The quantitative estimate of drug-likeness (QED) is 0.0772. The summed E-state index contributed by atoms with van der Waals surface area (Å²) in [5.41, 5.74) is 0. The second-order valence-corrected chi connectivity index (χ2v) is 38.2. The molecule has 11 heteroatoms. The van der Waals surface area contributed by atoms with Crippen LogP contribution >= 0.6 is 0 Å². The van der Waals surface area contributed by atoms with E-state index in [9.17, 15) is 0 Å². The molecule has 0 saturated heterocycles. The number of hydrogen-bond acceptors (Lipinski definition) is 6. The topological polar surface area (TPSA) is 55.4 Å². The van der Waals surface area contributed by atoms with Gasteiger partial charge in [0.2, 0.25) is 0 Å². The van der Waals surface area contributed by atoms with Crippen LogP contribution in [0, 0.1) is 0 Å². The van der Waals surface area contributed by atoms with Gasteiger partial charge in [-0.25, -0.2) is 0 Å². The fourth-order valence-electron chi connectivity index (χ4n) is 4.59. The van der Waals surface area contributed by atoms with Gasteiger partial charge in [0.1, 0.15) is 0 Å². The Morgan fingerprint density at radius 1 is 0.356 bits per heavy atom. The number of rotatable bonds is 23. The van der Waals surface area contributed by atoms with Crippen molar-refractivity contribution in [3.63, 3.8) is 0 Å². The highest BCUT2D eigenvalue weighted by Crippen LogP contribution is 2.47. The van der Waals surface area contributed by atoms with Gasteiger partial charge in [0.15, 0.2) is 25.0 Å². The highest BCUT2D eigenvalue weighted by molar-refractivity contribution is 6.92. The molecular formula is C34H80O6Si5. The molecule has 0 aromatic carbocycles. The Labute approximate surface area is 287 Å². The molecule has 6 nitrogen and oxygen atoms in total. The predicted molar refractivity (Wildman–Crippen MR) is 208 cm³/mol. The molecule has 0 aliphatic heterocycles. The summed E-state index contributed by atoms with van der Waals surface area (Å²) in [4.78, 5) is 0. The molecular weight excluding hydrogens is 645 g/mol. The molecule has 0 amide bonds. The molecule has 0 aromatic rings. The minimum atomic E-state index is -3.00. The van der Waals surface area contributed by atoms with Gasteiger partial charge >= 0.3 is 17.6 Å². The van der Waals surface area contributed by atoms with Gasteiger partial charge in [-0.1, -0.05) is 101 Å². The van der Waals surface area contributed by atoms with Crippen molar-refractivity contribution in [1.82, 2.24) is 0 Å². The summed E-state index contributed by atoms with van der Waals surface area (Å²) < 4.78 is 40.5. The number of unbranched alkanes of at least 4 members (excludes halogenated alkanes) is 7. The van der Waals surface area contributed by atoms with E-state index in [1.165, 1.54) is 38.5 Å². The second-order valence-electron chi connectivity index (χ2n) is 17.6. The average Bonchev–Trinajstić information content (AvgIpc) is 2.82. The Morgan fingerprint density at radius 2 is 0.578 bits per heavy atom. The molecule has 0 radical (unpaired) electrons. The van der Waals surface area contributed by atoms with Crippen LogP contribution in [-0.4, -0.2) is 62.4 Å². The molecule has 0 saturated carbocycles. The standard InChI is InChI=1S/C34H80O6Si5/c1-19-35-44(36-20-2,37-21-3)30-28-26-24-22-23-25-27-29-31-45(38-41(13,14)32(4,5)6,39-42(15,16)33(7,8)9)40-43(17,18)34(10,11)12/h19-31H2,1-18H3. The molecule has 272 valence electrons. The third-order valence-electron chi connectivity index (χ3n) is 10.5. The van der Waals surface area contributed by atoms with Crippen molar-refractivity contribution in [3.05, 3.63) is 0 Å². The van der Waals surface area contributed by atoms with Crippen molar-refractivity contribution >= 4 is 42.6 Å². The fourth-order valence-corrected chi connectivity index (χ4v) is 23.8. The molecule has 0 N–H and O–H groups in total. The first-order valence-electron chi connectivity index (χ1n) is 18.3. The molecule has 0 rings (SSSR count). The maximum absolute atomic E-state index is 7.48. The third kappa shape index (κ3) is 15.5. The highest BCUT2D eigenvalue weighted by atomic mass is 28.5. The van der Waals surface area contributed by atoms with Crippen LogP contribution in [-0.2, 0) is 25.6 Å². The fraction of sp³-hybridized carbons (Fsp3) is 1.00. The molecule has 0 fully saturated rings. The second kappa shape index (κ2) is 18.7. The summed E-state index contributed by atoms with van der Waals surface area (Å²) in [7, 11) is -12.0. The van der Waals surface area contributed by atoms with Crippen LogP contribution in [0.3, 0.4) is 0 Å². The largest absolute Gasteiger partial charge is 0.500 e. The van der Waals surface area contributed by atoms with E-state index >= 15 is 0 Å². The molecule has 0 bridgehead atoms. The van der Waals surface area contributed by atoms with E-state index in [-0.39, 0.29) is 15.1 Å². The Balaban J connectivity index is 5.56. The maximum atomic E-state index is 7.48. The lowest BCUT2D eigenvalue weighted by Crippen LogP contribution is -2.65. The minimum Gasteiger partial charge on any atom is -0.416 e. The molecule has 0 aliphatic carbocycles. The predicted octanol–water partition coefficient (Wildman–Crippen LogP) is 12.2. The number of hydrogen-bond donors (Lipinski definition) is 0. The zero-order valence-electron chi connectivity index (χ0n) is 33.6. The third-order valence-corrected chi connectivity index (χ3v) is 35.3. The molecule has 0 aliphatic rings. The van der Waals surface area contributed by atoms with E-state index in [0.717, 1.165) is 24.9 Å². The van der Waals surface area contributed by atoms with Crippen molar-refractivity contribution in [1.29, 1.82) is 0 Å². The molecule has 0 atom stereocenters. The monoisotopic (exact) mass is 724 g/mol. The van der Waals surface area contributed by atoms with Crippen molar-refractivity contribution in [2.75, 3.05) is 19.8 Å². The molecule has 0 unspecified atom stereocenters. The van der Waals surface area contributed by atoms with Crippen LogP contribution in [0.15, 0.2) is 0 Å². The van der Waals surface area contributed by atoms with Crippen LogP contribution in [0.25, 0.3) is 0 Å². The lowest BCUT2D eigenvalue weighted by atomic mass is 10.1. The zero-order chi connectivity index (χ0) is 35.4. The molecule has 0 aromatic heterocycles. The highest BCUT2D eigenvalue weighted by Gasteiger charge is 2.57. The first kappa shape index (κ1) is 45.8. The van der Waals surface area contributed by atoms with Crippen LogP contribution in [0.1, 0.15) is 134 Å². The van der Waals surface area contributed by atoms with Gasteiger partial charge in [-0.3, -0.25) is 0 Å². The van der Waals surface area contributed by atoms with Gasteiger partial charge in [0.05, 0.1) is 0 Å². The van der Waals surface area contributed by atoms with Crippen LogP contribution in [0.4, 0.5) is 0 Å². The Bertz CT molecular complexity index is 729. The average molecular weight is 725 g/mol. The smallest absolute Gasteiger partial charge is 0.416 e. The van der Waals surface area contributed by atoms with E-state index in [1.54, 1.807) is 0 Å². The van der Waals surface area contributed by atoms with Gasteiger partial charge in [-0.2, -0.15) is 0 Å². The molecule has 0 spiro atoms. The first-order valence-corrected chi connectivity index (χ1v) is 30.9. The van der Waals surface area contributed by atoms with E-state index in [0.29, 0.717) is 19.8 Å². The summed E-state index contributed by atoms with van der Waals surface area (Å²) in [5, 5.41) is 0.277. The summed E-state index contributed by atoms with van der Waals surface area (Å²) in [6.45, 7) is 43.4. The van der Waals surface area contributed by atoms with Crippen molar-refractivity contribution in [2.24, 2.45) is 0 Å². The van der Waals surface area contributed by atoms with Crippen molar-refractivity contribution < 1.29 is 25.6 Å². The first-order chi connectivity index (χ1) is 20.3. The van der Waals surface area contributed by atoms with E-state index in [4.69, 9.17) is 25.6 Å². The SMILES string of the molecule is CCO[Si](CCCCCCCCCC[Si](O[Si](C)(C)C(C)(C)C)(O[Si](C)(C)C(C)(C)C)O[Si](C)(C)C(C)(C)C)(OCC)OCC. The lowest BCUT2D eigenvalue weighted by molar-refractivity contribution is 0.0706. The zero-order valence-corrected chi connectivity index (χ0v) is 38.6. The lowest BCUT2D eigenvalue weighted by Gasteiger charge is -2.52. The van der Waals surface area contributed by atoms with E-state index < -0.39 is 42.6 Å². The summed E-state index contributed by atoms with van der Waals surface area (Å²) >= 11 is 0. The summed E-state index contributed by atoms with van der Waals surface area (Å²) in [5.74, 6) is 0. The van der Waals surface area contributed by atoms with Crippen LogP contribution in [0.5, 0.6) is 0 Å².